The van der Waals surface area contributed by atoms with E-state index in [4.69, 9.17) is 14.2 Å². The van der Waals surface area contributed by atoms with E-state index < -0.39 is 0 Å². The van der Waals surface area contributed by atoms with Crippen molar-refractivity contribution in [3.63, 3.8) is 0 Å². The summed E-state index contributed by atoms with van der Waals surface area (Å²) in [5, 5.41) is 0. The number of ketones is 1. The van der Waals surface area contributed by atoms with Crippen LogP contribution in [0.4, 0.5) is 0 Å². The number of carbonyl (C=O) groups excluding carboxylic acids is 1. The number of benzene rings is 2. The highest BCUT2D eigenvalue weighted by molar-refractivity contribution is 9.10. The second kappa shape index (κ2) is 8.55. The third kappa shape index (κ3) is 4.38. The monoisotopic (exact) mass is 390 g/mol. The molecule has 0 aromatic heterocycles. The van der Waals surface area contributed by atoms with Gasteiger partial charge in [-0.15, -0.1) is 0 Å². The van der Waals surface area contributed by atoms with Crippen molar-refractivity contribution in [2.75, 3.05) is 20.8 Å². The molecule has 0 spiro atoms. The topological polar surface area (TPSA) is 44.8 Å². The van der Waals surface area contributed by atoms with Gasteiger partial charge in [0, 0.05) is 5.56 Å². The standard InChI is InChI=1S/C19H19BrO4/c1-4-24-19-16(20)11-13(12-18(19)23-3)5-10-17(21)14-6-8-15(22-2)9-7-14/h5-12H,4H2,1-3H3. The van der Waals surface area contributed by atoms with Gasteiger partial charge in [-0.25, -0.2) is 0 Å². The normalized spacial score (nSPS) is 10.7. The summed E-state index contributed by atoms with van der Waals surface area (Å²) in [6.07, 6.45) is 3.28. The molecule has 4 nitrogen and oxygen atoms in total. The number of hydrogen-bond acceptors (Lipinski definition) is 4. The van der Waals surface area contributed by atoms with Gasteiger partial charge in [0.1, 0.15) is 5.75 Å². The molecule has 0 aliphatic heterocycles. The Bertz CT molecular complexity index is 736. The number of rotatable bonds is 7. The summed E-state index contributed by atoms with van der Waals surface area (Å²) >= 11 is 3.47. The maximum absolute atomic E-state index is 12.2. The van der Waals surface area contributed by atoms with Crippen LogP contribution < -0.4 is 14.2 Å². The Morgan fingerprint density at radius 2 is 1.83 bits per heavy atom. The molecule has 0 saturated heterocycles. The number of allylic oxidation sites excluding steroid dienone is 1. The fourth-order valence-corrected chi connectivity index (χ4v) is 2.72. The van der Waals surface area contributed by atoms with Crippen LogP contribution in [0.1, 0.15) is 22.8 Å². The molecular formula is C19H19BrO4. The van der Waals surface area contributed by atoms with E-state index >= 15 is 0 Å². The van der Waals surface area contributed by atoms with Crippen LogP contribution >= 0.6 is 15.9 Å². The molecule has 0 amide bonds. The van der Waals surface area contributed by atoms with Gasteiger partial charge in [0.25, 0.3) is 0 Å². The number of halogens is 1. The Morgan fingerprint density at radius 1 is 1.12 bits per heavy atom. The van der Waals surface area contributed by atoms with Crippen LogP contribution in [-0.2, 0) is 0 Å². The Morgan fingerprint density at radius 3 is 2.42 bits per heavy atom. The van der Waals surface area contributed by atoms with E-state index in [1.807, 2.05) is 19.1 Å². The summed E-state index contributed by atoms with van der Waals surface area (Å²) in [6.45, 7) is 2.45. The number of hydrogen-bond donors (Lipinski definition) is 0. The van der Waals surface area contributed by atoms with Crippen molar-refractivity contribution in [2.45, 2.75) is 6.92 Å². The molecule has 2 aromatic carbocycles. The van der Waals surface area contributed by atoms with E-state index in [0.29, 0.717) is 23.7 Å². The van der Waals surface area contributed by atoms with E-state index in [9.17, 15) is 4.79 Å². The zero-order valence-corrected chi connectivity index (χ0v) is 15.4. The van der Waals surface area contributed by atoms with Crippen molar-refractivity contribution in [3.05, 3.63) is 58.1 Å². The molecule has 0 saturated carbocycles. The first-order valence-corrected chi connectivity index (χ1v) is 8.25. The molecule has 0 atom stereocenters. The van der Waals surface area contributed by atoms with Crippen molar-refractivity contribution < 1.29 is 19.0 Å². The molecule has 0 heterocycles. The van der Waals surface area contributed by atoms with Gasteiger partial charge in [-0.1, -0.05) is 6.08 Å². The predicted octanol–water partition coefficient (Wildman–Crippen LogP) is 4.76. The van der Waals surface area contributed by atoms with Gasteiger partial charge in [-0.2, -0.15) is 0 Å². The van der Waals surface area contributed by atoms with Gasteiger partial charge in [0.05, 0.1) is 25.3 Å². The number of carbonyl (C=O) groups is 1. The molecule has 0 aliphatic rings. The highest BCUT2D eigenvalue weighted by Gasteiger charge is 2.10. The van der Waals surface area contributed by atoms with Crippen molar-refractivity contribution in [1.29, 1.82) is 0 Å². The van der Waals surface area contributed by atoms with Crippen LogP contribution in [0, 0.1) is 0 Å². The minimum atomic E-state index is -0.0818. The number of methoxy groups -OCH3 is 2. The van der Waals surface area contributed by atoms with E-state index in [0.717, 1.165) is 15.8 Å². The maximum Gasteiger partial charge on any atom is 0.185 e. The van der Waals surface area contributed by atoms with Crippen LogP contribution in [0.2, 0.25) is 0 Å². The molecule has 2 rings (SSSR count). The smallest absolute Gasteiger partial charge is 0.185 e. The van der Waals surface area contributed by atoms with E-state index in [-0.39, 0.29) is 5.78 Å². The SMILES string of the molecule is CCOc1c(Br)cc(C=CC(=O)c2ccc(OC)cc2)cc1OC. The van der Waals surface area contributed by atoms with Crippen molar-refractivity contribution in [1.82, 2.24) is 0 Å². The average Bonchev–Trinajstić information content (AvgIpc) is 2.61. The van der Waals surface area contributed by atoms with Gasteiger partial charge < -0.3 is 14.2 Å². The lowest BCUT2D eigenvalue weighted by atomic mass is 10.1. The van der Waals surface area contributed by atoms with E-state index in [1.54, 1.807) is 44.6 Å². The van der Waals surface area contributed by atoms with Crippen LogP contribution in [0.5, 0.6) is 17.2 Å². The van der Waals surface area contributed by atoms with Gasteiger partial charge >= 0.3 is 0 Å². The first-order chi connectivity index (χ1) is 11.6. The summed E-state index contributed by atoms with van der Waals surface area (Å²) in [4.78, 5) is 12.2. The lowest BCUT2D eigenvalue weighted by molar-refractivity contribution is 0.104. The highest BCUT2D eigenvalue weighted by atomic mass is 79.9. The summed E-state index contributed by atoms with van der Waals surface area (Å²) in [5.41, 5.74) is 1.44. The summed E-state index contributed by atoms with van der Waals surface area (Å²) in [6, 6.07) is 10.7. The third-order valence-electron chi connectivity index (χ3n) is 3.34. The molecular weight excluding hydrogens is 372 g/mol. The quantitative estimate of drug-likeness (QED) is 0.504. The molecule has 0 fully saturated rings. The van der Waals surface area contributed by atoms with Gasteiger partial charge in [0.2, 0.25) is 0 Å². The molecule has 0 unspecified atom stereocenters. The third-order valence-corrected chi connectivity index (χ3v) is 3.93. The predicted molar refractivity (Wildman–Crippen MR) is 98.2 cm³/mol. The Kier molecular flexibility index (Phi) is 6.44. The molecule has 0 aliphatic carbocycles. The molecule has 0 radical (unpaired) electrons. The van der Waals surface area contributed by atoms with Crippen LogP contribution in [0.3, 0.4) is 0 Å². The lowest BCUT2D eigenvalue weighted by Gasteiger charge is -2.12. The molecule has 0 bridgehead atoms. The molecule has 126 valence electrons. The average molecular weight is 391 g/mol. The largest absolute Gasteiger partial charge is 0.497 e. The fraction of sp³-hybridized carbons (Fsp3) is 0.211. The van der Waals surface area contributed by atoms with Gasteiger partial charge in [0.15, 0.2) is 17.3 Å². The molecule has 0 N–H and O–H groups in total. The highest BCUT2D eigenvalue weighted by Crippen LogP contribution is 2.37. The second-order valence-electron chi connectivity index (χ2n) is 4.89. The minimum Gasteiger partial charge on any atom is -0.497 e. The van der Waals surface area contributed by atoms with E-state index in [1.165, 1.54) is 6.08 Å². The molecule has 2 aromatic rings. The van der Waals surface area contributed by atoms with Crippen molar-refractivity contribution in [3.8, 4) is 17.2 Å². The van der Waals surface area contributed by atoms with Crippen molar-refractivity contribution >= 4 is 27.8 Å². The Balaban J connectivity index is 2.21. The van der Waals surface area contributed by atoms with Crippen LogP contribution in [-0.4, -0.2) is 26.6 Å². The lowest BCUT2D eigenvalue weighted by Crippen LogP contribution is -1.97. The molecule has 5 heteroatoms. The van der Waals surface area contributed by atoms with Gasteiger partial charge in [-0.05, 0) is 70.9 Å². The number of ether oxygens (including phenoxy) is 3. The summed E-state index contributed by atoms with van der Waals surface area (Å²) in [5.74, 6) is 1.90. The van der Waals surface area contributed by atoms with Crippen molar-refractivity contribution in [2.24, 2.45) is 0 Å². The van der Waals surface area contributed by atoms with Crippen LogP contribution in [0.25, 0.3) is 6.08 Å². The van der Waals surface area contributed by atoms with E-state index in [2.05, 4.69) is 15.9 Å². The summed E-state index contributed by atoms with van der Waals surface area (Å²) < 4.78 is 16.8. The summed E-state index contributed by atoms with van der Waals surface area (Å²) in [7, 11) is 3.17. The zero-order valence-electron chi connectivity index (χ0n) is 13.8. The molecule has 24 heavy (non-hydrogen) atoms. The van der Waals surface area contributed by atoms with Gasteiger partial charge in [-0.3, -0.25) is 4.79 Å². The Hall–Kier alpha value is -2.27. The second-order valence-corrected chi connectivity index (χ2v) is 5.75. The fourth-order valence-electron chi connectivity index (χ4n) is 2.14. The zero-order chi connectivity index (χ0) is 17.5. The first-order valence-electron chi connectivity index (χ1n) is 7.45. The van der Waals surface area contributed by atoms with Crippen LogP contribution in [0.15, 0.2) is 46.9 Å². The Labute approximate surface area is 150 Å². The first kappa shape index (κ1) is 18.1. The minimum absolute atomic E-state index is 0.0818. The maximum atomic E-state index is 12.2.